The lowest BCUT2D eigenvalue weighted by Crippen LogP contribution is -2.26. The largest absolute Gasteiger partial charge is 0.345 e. The summed E-state index contributed by atoms with van der Waals surface area (Å²) in [6.07, 6.45) is 0. The van der Waals surface area contributed by atoms with Crippen LogP contribution in [-0.4, -0.2) is 12.5 Å². The van der Waals surface area contributed by atoms with Crippen LogP contribution in [0.4, 0.5) is 0 Å². The van der Waals surface area contributed by atoms with Crippen molar-refractivity contribution in [1.82, 2.24) is 5.32 Å². The predicted molar refractivity (Wildman–Crippen MR) is 87.3 cm³/mol. The minimum absolute atomic E-state index is 0.0309. The first kappa shape index (κ1) is 15.3. The number of thiophene rings is 1. The van der Waals surface area contributed by atoms with Crippen LogP contribution in [0.1, 0.15) is 39.3 Å². The molecule has 1 aromatic carbocycles. The van der Waals surface area contributed by atoms with Gasteiger partial charge in [-0.1, -0.05) is 41.7 Å². The van der Waals surface area contributed by atoms with Gasteiger partial charge in [0, 0.05) is 5.38 Å². The average Bonchev–Trinajstić information content (AvgIpc) is 2.94. The molecule has 1 heterocycles. The van der Waals surface area contributed by atoms with Gasteiger partial charge < -0.3 is 11.1 Å². The molecule has 1 aromatic heterocycles. The van der Waals surface area contributed by atoms with Crippen molar-refractivity contribution in [2.45, 2.75) is 19.9 Å². The van der Waals surface area contributed by atoms with Gasteiger partial charge in [-0.2, -0.15) is 0 Å². The maximum atomic E-state index is 12.2. The van der Waals surface area contributed by atoms with E-state index in [-0.39, 0.29) is 11.9 Å². The molecule has 3 nitrogen and oxygen atoms in total. The summed E-state index contributed by atoms with van der Waals surface area (Å²) in [4.78, 5) is 13.1. The number of nitrogens with one attached hydrogen (secondary N) is 1. The summed E-state index contributed by atoms with van der Waals surface area (Å²) < 4.78 is 0. The second-order valence-electron chi connectivity index (χ2n) is 4.81. The van der Waals surface area contributed by atoms with Crippen LogP contribution in [0.15, 0.2) is 35.7 Å². The lowest BCUT2D eigenvalue weighted by Gasteiger charge is -2.14. The molecule has 3 N–H and O–H groups in total. The number of carbonyl (C=O) groups excluding carboxylic acids is 1. The fourth-order valence-electron chi connectivity index (χ4n) is 1.88. The third-order valence-corrected chi connectivity index (χ3v) is 3.95. The number of carbonyl (C=O) groups is 1. The van der Waals surface area contributed by atoms with E-state index in [0.717, 1.165) is 10.4 Å². The normalized spacial score (nSPS) is 11.4. The first-order valence-corrected chi connectivity index (χ1v) is 7.63. The molecule has 21 heavy (non-hydrogen) atoms. The molecule has 0 aliphatic heterocycles. The first-order valence-electron chi connectivity index (χ1n) is 6.75. The van der Waals surface area contributed by atoms with Gasteiger partial charge in [0.1, 0.15) is 0 Å². The Bertz CT molecular complexity index is 677. The molecule has 2 aromatic rings. The van der Waals surface area contributed by atoms with Crippen LogP contribution in [0.2, 0.25) is 0 Å². The molecule has 0 radical (unpaired) electrons. The average molecular weight is 298 g/mol. The Kier molecular flexibility index (Phi) is 5.15. The fourth-order valence-corrected chi connectivity index (χ4v) is 2.63. The molecule has 0 saturated carbocycles. The smallest absolute Gasteiger partial charge is 0.252 e. The Labute approximate surface area is 129 Å². The maximum Gasteiger partial charge on any atom is 0.252 e. The van der Waals surface area contributed by atoms with Gasteiger partial charge in [0.15, 0.2) is 0 Å². The zero-order chi connectivity index (χ0) is 15.2. The van der Waals surface area contributed by atoms with Crippen LogP contribution in [0, 0.1) is 18.8 Å². The van der Waals surface area contributed by atoms with Crippen molar-refractivity contribution in [1.29, 1.82) is 0 Å². The summed E-state index contributed by atoms with van der Waals surface area (Å²) in [5, 5.41) is 4.81. The molecule has 1 amide bonds. The maximum absolute atomic E-state index is 12.2. The highest BCUT2D eigenvalue weighted by atomic mass is 32.1. The Hall–Kier alpha value is -2.09. The van der Waals surface area contributed by atoms with Crippen molar-refractivity contribution >= 4 is 17.2 Å². The van der Waals surface area contributed by atoms with E-state index in [4.69, 9.17) is 5.73 Å². The number of hydrogen-bond donors (Lipinski definition) is 2. The van der Waals surface area contributed by atoms with Crippen LogP contribution in [0.3, 0.4) is 0 Å². The number of hydrogen-bond acceptors (Lipinski definition) is 3. The van der Waals surface area contributed by atoms with Crippen LogP contribution < -0.4 is 11.1 Å². The van der Waals surface area contributed by atoms with Crippen molar-refractivity contribution in [3.63, 3.8) is 0 Å². The van der Waals surface area contributed by atoms with Gasteiger partial charge in [-0.3, -0.25) is 4.79 Å². The number of benzene rings is 1. The quantitative estimate of drug-likeness (QED) is 0.856. The molecule has 2 rings (SSSR count). The summed E-state index contributed by atoms with van der Waals surface area (Å²) in [5.41, 5.74) is 8.27. The molecule has 1 unspecified atom stereocenters. The van der Waals surface area contributed by atoms with Crippen molar-refractivity contribution in [3.05, 3.63) is 57.3 Å². The van der Waals surface area contributed by atoms with Gasteiger partial charge in [-0.25, -0.2) is 0 Å². The van der Waals surface area contributed by atoms with E-state index in [2.05, 4.69) is 17.2 Å². The standard InChI is InChI=1S/C17H18N2OS/c1-12-5-7-14(8-6-12)13(2)19-17(20)15-10-16(21-11-15)4-3-9-18/h5-8,10-11,13H,9,18H2,1-2H3,(H,19,20). The van der Waals surface area contributed by atoms with Gasteiger partial charge in [-0.15, -0.1) is 11.3 Å². The third-order valence-electron chi connectivity index (χ3n) is 3.10. The Morgan fingerprint density at radius 3 is 2.76 bits per heavy atom. The summed E-state index contributed by atoms with van der Waals surface area (Å²) in [5.74, 6) is 5.64. The van der Waals surface area contributed by atoms with E-state index >= 15 is 0 Å². The van der Waals surface area contributed by atoms with E-state index in [1.807, 2.05) is 43.5 Å². The van der Waals surface area contributed by atoms with Crippen molar-refractivity contribution < 1.29 is 4.79 Å². The second-order valence-corrected chi connectivity index (χ2v) is 5.72. The highest BCUT2D eigenvalue weighted by molar-refractivity contribution is 7.10. The summed E-state index contributed by atoms with van der Waals surface area (Å²) in [6.45, 7) is 4.34. The van der Waals surface area contributed by atoms with E-state index in [0.29, 0.717) is 12.1 Å². The molecule has 4 heteroatoms. The van der Waals surface area contributed by atoms with Crippen LogP contribution in [-0.2, 0) is 0 Å². The van der Waals surface area contributed by atoms with Crippen molar-refractivity contribution in [3.8, 4) is 11.8 Å². The third kappa shape index (κ3) is 4.19. The van der Waals surface area contributed by atoms with Crippen molar-refractivity contribution in [2.24, 2.45) is 5.73 Å². The minimum Gasteiger partial charge on any atom is -0.345 e. The van der Waals surface area contributed by atoms with Gasteiger partial charge in [0.2, 0.25) is 0 Å². The summed E-state index contributed by atoms with van der Waals surface area (Å²) in [6, 6.07) is 9.92. The molecule has 0 fully saturated rings. The SMILES string of the molecule is Cc1ccc(C(C)NC(=O)c2csc(C#CCN)c2)cc1. The summed E-state index contributed by atoms with van der Waals surface area (Å²) in [7, 11) is 0. The second kappa shape index (κ2) is 7.07. The molecule has 0 saturated heterocycles. The predicted octanol–water partition coefficient (Wildman–Crippen LogP) is 2.86. The lowest BCUT2D eigenvalue weighted by atomic mass is 10.1. The number of aryl methyl sites for hydroxylation is 1. The Balaban J connectivity index is 2.03. The first-order chi connectivity index (χ1) is 10.1. The fraction of sp³-hybridized carbons (Fsp3) is 0.235. The minimum atomic E-state index is -0.0832. The Morgan fingerprint density at radius 1 is 1.38 bits per heavy atom. The molecular formula is C17H18N2OS. The number of amides is 1. The highest BCUT2D eigenvalue weighted by Crippen LogP contribution is 2.17. The van der Waals surface area contributed by atoms with Gasteiger partial charge in [0.25, 0.3) is 5.91 Å². The highest BCUT2D eigenvalue weighted by Gasteiger charge is 2.12. The molecule has 0 spiro atoms. The molecule has 1 atom stereocenters. The molecule has 0 aliphatic carbocycles. The molecule has 0 bridgehead atoms. The van der Waals surface area contributed by atoms with E-state index in [9.17, 15) is 4.79 Å². The Morgan fingerprint density at radius 2 is 2.10 bits per heavy atom. The van der Waals surface area contributed by atoms with Gasteiger partial charge >= 0.3 is 0 Å². The number of rotatable bonds is 3. The number of nitrogens with two attached hydrogens (primary N) is 1. The molecular weight excluding hydrogens is 280 g/mol. The van der Waals surface area contributed by atoms with Gasteiger partial charge in [-0.05, 0) is 25.5 Å². The van der Waals surface area contributed by atoms with Crippen molar-refractivity contribution in [2.75, 3.05) is 6.54 Å². The van der Waals surface area contributed by atoms with Gasteiger partial charge in [0.05, 0.1) is 23.0 Å². The lowest BCUT2D eigenvalue weighted by molar-refractivity contribution is 0.0940. The van der Waals surface area contributed by atoms with Crippen LogP contribution in [0.5, 0.6) is 0 Å². The zero-order valence-corrected chi connectivity index (χ0v) is 13.0. The monoisotopic (exact) mass is 298 g/mol. The zero-order valence-electron chi connectivity index (χ0n) is 12.1. The summed E-state index contributed by atoms with van der Waals surface area (Å²) >= 11 is 1.45. The van der Waals surface area contributed by atoms with E-state index in [1.165, 1.54) is 16.9 Å². The van der Waals surface area contributed by atoms with Crippen LogP contribution >= 0.6 is 11.3 Å². The molecule has 0 aliphatic rings. The van der Waals surface area contributed by atoms with Crippen LogP contribution in [0.25, 0.3) is 0 Å². The van der Waals surface area contributed by atoms with E-state index in [1.54, 1.807) is 6.07 Å². The van der Waals surface area contributed by atoms with E-state index < -0.39 is 0 Å². The topological polar surface area (TPSA) is 55.1 Å². The molecule has 108 valence electrons.